The van der Waals surface area contributed by atoms with E-state index in [4.69, 9.17) is 0 Å². The van der Waals surface area contributed by atoms with Gasteiger partial charge >= 0.3 is 0 Å². The molecule has 2 rings (SSSR count). The average molecular weight is 320 g/mol. The Kier molecular flexibility index (Phi) is 4.46. The number of aryl methyl sites for hydroxylation is 1. The van der Waals surface area contributed by atoms with Crippen molar-refractivity contribution in [1.82, 2.24) is 0 Å². The van der Waals surface area contributed by atoms with Crippen molar-refractivity contribution in [2.75, 3.05) is 10.8 Å². The van der Waals surface area contributed by atoms with E-state index in [1.807, 2.05) is 19.1 Å². The smallest absolute Gasteiger partial charge is 0.266 e. The molecule has 0 aliphatic carbocycles. The van der Waals surface area contributed by atoms with Gasteiger partial charge in [-0.05, 0) is 37.6 Å². The van der Waals surface area contributed by atoms with Crippen molar-refractivity contribution in [3.63, 3.8) is 0 Å². The summed E-state index contributed by atoms with van der Waals surface area (Å²) in [6, 6.07) is 12.1. The number of nitro benzene ring substituents is 1. The summed E-state index contributed by atoms with van der Waals surface area (Å²) in [4.78, 5) is 10.1. The maximum absolute atomic E-state index is 12.8. The fraction of sp³-hybridized carbons (Fsp3) is 0.200. The van der Waals surface area contributed by atoms with Crippen LogP contribution >= 0.6 is 0 Å². The second-order valence-corrected chi connectivity index (χ2v) is 6.57. The summed E-state index contributed by atoms with van der Waals surface area (Å²) >= 11 is 0. The van der Waals surface area contributed by atoms with E-state index in [1.54, 1.807) is 19.1 Å². The molecule has 2 aromatic carbocycles. The van der Waals surface area contributed by atoms with Gasteiger partial charge < -0.3 is 0 Å². The molecule has 0 spiro atoms. The zero-order valence-electron chi connectivity index (χ0n) is 12.3. The molecule has 0 radical (unpaired) electrons. The number of non-ortho nitro benzene ring substituents is 1. The average Bonchev–Trinajstić information content (AvgIpc) is 2.50. The molecule has 22 heavy (non-hydrogen) atoms. The summed E-state index contributed by atoms with van der Waals surface area (Å²) in [5, 5.41) is 10.7. The molecule has 0 N–H and O–H groups in total. The molecule has 0 heterocycles. The highest BCUT2D eigenvalue weighted by Gasteiger charge is 2.25. The lowest BCUT2D eigenvalue weighted by atomic mass is 10.2. The highest BCUT2D eigenvalue weighted by molar-refractivity contribution is 7.92. The van der Waals surface area contributed by atoms with Crippen LogP contribution in [0.15, 0.2) is 53.4 Å². The van der Waals surface area contributed by atoms with Crippen LogP contribution in [0.1, 0.15) is 12.5 Å². The number of hydrogen-bond acceptors (Lipinski definition) is 4. The molecular formula is C15H16N2O4S. The molecule has 7 heteroatoms. The van der Waals surface area contributed by atoms with Crippen LogP contribution in [0.2, 0.25) is 0 Å². The Morgan fingerprint density at radius 3 is 2.18 bits per heavy atom. The molecule has 0 unspecified atom stereocenters. The minimum Gasteiger partial charge on any atom is -0.266 e. The molecule has 2 aromatic rings. The topological polar surface area (TPSA) is 80.5 Å². The van der Waals surface area contributed by atoms with Crippen LogP contribution in [-0.4, -0.2) is 19.9 Å². The number of rotatable bonds is 5. The zero-order chi connectivity index (χ0) is 16.3. The number of para-hydroxylation sites is 1. The van der Waals surface area contributed by atoms with E-state index in [2.05, 4.69) is 0 Å². The first-order chi connectivity index (χ1) is 10.4. The lowest BCUT2D eigenvalue weighted by molar-refractivity contribution is -0.384. The predicted molar refractivity (Wildman–Crippen MR) is 84.5 cm³/mol. The third kappa shape index (κ3) is 2.94. The van der Waals surface area contributed by atoms with Crippen molar-refractivity contribution in [2.45, 2.75) is 18.7 Å². The molecule has 0 aliphatic heterocycles. The molecule has 0 bridgehead atoms. The van der Waals surface area contributed by atoms with Gasteiger partial charge in [0.05, 0.1) is 15.5 Å². The van der Waals surface area contributed by atoms with Crippen molar-refractivity contribution in [1.29, 1.82) is 0 Å². The minimum atomic E-state index is -3.76. The lowest BCUT2D eigenvalue weighted by Gasteiger charge is -2.24. The van der Waals surface area contributed by atoms with Crippen molar-refractivity contribution in [3.8, 4) is 0 Å². The molecule has 0 aromatic heterocycles. The van der Waals surface area contributed by atoms with Gasteiger partial charge in [-0.2, -0.15) is 0 Å². The number of nitrogens with zero attached hydrogens (tertiary/aromatic N) is 2. The summed E-state index contributed by atoms with van der Waals surface area (Å²) < 4.78 is 26.8. The second-order valence-electron chi connectivity index (χ2n) is 4.71. The van der Waals surface area contributed by atoms with Gasteiger partial charge in [0, 0.05) is 18.7 Å². The summed E-state index contributed by atoms with van der Waals surface area (Å²) in [7, 11) is -3.76. The molecule has 0 fully saturated rings. The van der Waals surface area contributed by atoms with Crippen LogP contribution in [0.4, 0.5) is 11.4 Å². The van der Waals surface area contributed by atoms with Gasteiger partial charge in [0.1, 0.15) is 0 Å². The Labute approximate surface area is 129 Å². The van der Waals surface area contributed by atoms with Crippen LogP contribution in [0.5, 0.6) is 0 Å². The van der Waals surface area contributed by atoms with Crippen molar-refractivity contribution in [3.05, 3.63) is 64.2 Å². The predicted octanol–water partition coefficient (Wildman–Crippen LogP) is 3.12. The second kappa shape index (κ2) is 6.15. The molecular weight excluding hydrogens is 304 g/mol. The Morgan fingerprint density at radius 1 is 1.09 bits per heavy atom. The van der Waals surface area contributed by atoms with Crippen LogP contribution in [-0.2, 0) is 10.0 Å². The first-order valence-electron chi connectivity index (χ1n) is 6.70. The molecule has 0 amide bonds. The van der Waals surface area contributed by atoms with Gasteiger partial charge in [0.15, 0.2) is 0 Å². The molecule has 116 valence electrons. The monoisotopic (exact) mass is 320 g/mol. The summed E-state index contributed by atoms with van der Waals surface area (Å²) in [6.07, 6.45) is 0. The van der Waals surface area contributed by atoms with E-state index < -0.39 is 14.9 Å². The molecule has 0 saturated carbocycles. The van der Waals surface area contributed by atoms with Crippen molar-refractivity contribution < 1.29 is 13.3 Å². The molecule has 6 nitrogen and oxygen atoms in total. The summed E-state index contributed by atoms with van der Waals surface area (Å²) in [5.74, 6) is 0. The normalized spacial score (nSPS) is 11.2. The largest absolute Gasteiger partial charge is 0.269 e. The van der Waals surface area contributed by atoms with E-state index in [0.717, 1.165) is 5.56 Å². The standard InChI is InChI=1S/C15H16N2O4S/c1-3-16(15-7-5-4-6-12(15)2)22(20,21)14-10-8-13(9-11-14)17(18)19/h4-11H,3H2,1-2H3. The first-order valence-corrected chi connectivity index (χ1v) is 8.14. The SMILES string of the molecule is CCN(c1ccccc1C)S(=O)(=O)c1ccc([N+](=O)[O-])cc1. The maximum Gasteiger partial charge on any atom is 0.269 e. The van der Waals surface area contributed by atoms with Crippen LogP contribution in [0.3, 0.4) is 0 Å². The van der Waals surface area contributed by atoms with Crippen molar-refractivity contribution >= 4 is 21.4 Å². The van der Waals surface area contributed by atoms with E-state index in [9.17, 15) is 18.5 Å². The number of anilines is 1. The van der Waals surface area contributed by atoms with Crippen LogP contribution < -0.4 is 4.31 Å². The fourth-order valence-electron chi connectivity index (χ4n) is 2.18. The van der Waals surface area contributed by atoms with E-state index in [-0.39, 0.29) is 17.1 Å². The van der Waals surface area contributed by atoms with Gasteiger partial charge in [0.25, 0.3) is 15.7 Å². The van der Waals surface area contributed by atoms with Gasteiger partial charge in [-0.25, -0.2) is 8.42 Å². The molecule has 0 saturated heterocycles. The third-order valence-corrected chi connectivity index (χ3v) is 5.21. The Morgan fingerprint density at radius 2 is 1.68 bits per heavy atom. The number of sulfonamides is 1. The minimum absolute atomic E-state index is 0.0307. The number of benzene rings is 2. The lowest BCUT2D eigenvalue weighted by Crippen LogP contribution is -2.31. The fourth-order valence-corrected chi connectivity index (χ4v) is 3.72. The number of hydrogen-bond donors (Lipinski definition) is 0. The third-order valence-electron chi connectivity index (χ3n) is 3.31. The maximum atomic E-state index is 12.8. The Bertz CT molecular complexity index is 785. The van der Waals surface area contributed by atoms with E-state index in [0.29, 0.717) is 5.69 Å². The van der Waals surface area contributed by atoms with Crippen LogP contribution in [0, 0.1) is 17.0 Å². The van der Waals surface area contributed by atoms with Gasteiger partial charge in [-0.3, -0.25) is 14.4 Å². The highest BCUT2D eigenvalue weighted by atomic mass is 32.2. The molecule has 0 atom stereocenters. The van der Waals surface area contributed by atoms with Gasteiger partial charge in [-0.1, -0.05) is 18.2 Å². The Balaban J connectivity index is 2.47. The molecule has 0 aliphatic rings. The highest BCUT2D eigenvalue weighted by Crippen LogP contribution is 2.27. The van der Waals surface area contributed by atoms with Crippen molar-refractivity contribution in [2.24, 2.45) is 0 Å². The first kappa shape index (κ1) is 16.0. The van der Waals surface area contributed by atoms with Gasteiger partial charge in [-0.15, -0.1) is 0 Å². The van der Waals surface area contributed by atoms with E-state index >= 15 is 0 Å². The summed E-state index contributed by atoms with van der Waals surface area (Å²) in [6.45, 7) is 3.85. The van der Waals surface area contributed by atoms with Gasteiger partial charge in [0.2, 0.25) is 0 Å². The number of nitro groups is 1. The van der Waals surface area contributed by atoms with Crippen LogP contribution in [0.25, 0.3) is 0 Å². The summed E-state index contributed by atoms with van der Waals surface area (Å²) in [5.41, 5.74) is 1.30. The Hall–Kier alpha value is -2.41. The van der Waals surface area contributed by atoms with E-state index in [1.165, 1.54) is 28.6 Å². The quantitative estimate of drug-likeness (QED) is 0.626. The zero-order valence-corrected chi connectivity index (χ0v) is 13.1.